The Balaban J connectivity index is 0.00000341. The van der Waals surface area contributed by atoms with Crippen LogP contribution in [0.3, 0.4) is 0 Å². The minimum atomic E-state index is 0. The van der Waals surface area contributed by atoms with Crippen LogP contribution in [0.5, 0.6) is 0 Å². The molecule has 1 aliphatic heterocycles. The molecule has 0 amide bonds. The lowest BCUT2D eigenvalue weighted by Gasteiger charge is -2.26. The van der Waals surface area contributed by atoms with Crippen LogP contribution < -0.4 is 10.6 Å². The van der Waals surface area contributed by atoms with Gasteiger partial charge in [0.25, 0.3) is 0 Å². The summed E-state index contributed by atoms with van der Waals surface area (Å²) in [4.78, 5) is 9.34. The lowest BCUT2D eigenvalue weighted by molar-refractivity contribution is 0.215. The molecule has 1 atom stereocenters. The highest BCUT2D eigenvalue weighted by molar-refractivity contribution is 14.0. The van der Waals surface area contributed by atoms with E-state index < -0.39 is 0 Å². The molecule has 172 valence electrons. The number of nitrogens with zero attached hydrogens (tertiary/aromatic N) is 3. The topological polar surface area (TPSA) is 56.0 Å². The summed E-state index contributed by atoms with van der Waals surface area (Å²) >= 11 is 0. The molecule has 0 aliphatic carbocycles. The molecule has 1 aliphatic rings. The Kier molecular flexibility index (Phi) is 11.4. The minimum Gasteiger partial charge on any atom is -0.468 e. The van der Waals surface area contributed by atoms with Gasteiger partial charge in [-0.15, -0.1) is 24.0 Å². The van der Waals surface area contributed by atoms with Crippen molar-refractivity contribution in [2.45, 2.75) is 45.8 Å². The standard InChI is InChI=1S/C24H37N5O.HI/c1-4-28(5-2)19-21-11-8-10-20(16-21)17-26-24(25-3)27-18-22(23-12-9-15-30-23)29-13-6-7-14-29;/h8-12,15-16,22H,4-7,13-14,17-19H2,1-3H3,(H2,25,26,27);1H. The van der Waals surface area contributed by atoms with E-state index in [2.05, 4.69) is 69.6 Å². The minimum absolute atomic E-state index is 0. The maximum Gasteiger partial charge on any atom is 0.191 e. The second-order valence-electron chi connectivity index (χ2n) is 7.86. The Morgan fingerprint density at radius 3 is 2.48 bits per heavy atom. The third-order valence-corrected chi connectivity index (χ3v) is 5.89. The zero-order valence-corrected chi connectivity index (χ0v) is 21.5. The van der Waals surface area contributed by atoms with Gasteiger partial charge < -0.3 is 15.1 Å². The van der Waals surface area contributed by atoms with Crippen molar-refractivity contribution in [3.8, 4) is 0 Å². The highest BCUT2D eigenvalue weighted by Gasteiger charge is 2.25. The predicted octanol–water partition coefficient (Wildman–Crippen LogP) is 4.24. The number of hydrogen-bond donors (Lipinski definition) is 2. The largest absolute Gasteiger partial charge is 0.468 e. The molecule has 1 aromatic heterocycles. The fraction of sp³-hybridized carbons (Fsp3) is 0.542. The van der Waals surface area contributed by atoms with Gasteiger partial charge in [-0.2, -0.15) is 0 Å². The average Bonchev–Trinajstić information content (AvgIpc) is 3.49. The zero-order valence-electron chi connectivity index (χ0n) is 19.1. The van der Waals surface area contributed by atoms with Gasteiger partial charge in [0, 0.05) is 26.7 Å². The van der Waals surface area contributed by atoms with Crippen LogP contribution in [0, 0.1) is 0 Å². The van der Waals surface area contributed by atoms with Crippen molar-refractivity contribution in [1.29, 1.82) is 0 Å². The smallest absolute Gasteiger partial charge is 0.191 e. The van der Waals surface area contributed by atoms with Gasteiger partial charge in [-0.05, 0) is 62.3 Å². The second kappa shape index (κ2) is 13.8. The molecule has 7 heteroatoms. The molecular weight excluding hydrogens is 501 g/mol. The Bertz CT molecular complexity index is 770. The van der Waals surface area contributed by atoms with Crippen LogP contribution in [-0.4, -0.2) is 55.5 Å². The number of rotatable bonds is 10. The summed E-state index contributed by atoms with van der Waals surface area (Å²) in [5.41, 5.74) is 2.62. The summed E-state index contributed by atoms with van der Waals surface area (Å²) < 4.78 is 5.72. The Hall–Kier alpha value is -1.58. The molecule has 2 heterocycles. The summed E-state index contributed by atoms with van der Waals surface area (Å²) in [6.45, 7) is 11.3. The number of halogens is 1. The molecule has 0 spiro atoms. The lowest BCUT2D eigenvalue weighted by atomic mass is 10.1. The van der Waals surface area contributed by atoms with Crippen molar-refractivity contribution in [1.82, 2.24) is 20.4 Å². The molecule has 1 aromatic carbocycles. The van der Waals surface area contributed by atoms with Crippen LogP contribution in [0.1, 0.15) is 49.6 Å². The summed E-state index contributed by atoms with van der Waals surface area (Å²) in [7, 11) is 1.82. The fourth-order valence-corrected chi connectivity index (χ4v) is 4.09. The Morgan fingerprint density at radius 2 is 1.84 bits per heavy atom. The van der Waals surface area contributed by atoms with Crippen LogP contribution >= 0.6 is 24.0 Å². The molecular formula is C24H38IN5O. The number of aliphatic imine (C=N–C) groups is 1. The highest BCUT2D eigenvalue weighted by atomic mass is 127. The first kappa shape index (κ1) is 25.7. The van der Waals surface area contributed by atoms with Gasteiger partial charge >= 0.3 is 0 Å². The summed E-state index contributed by atoms with van der Waals surface area (Å²) in [6.07, 6.45) is 4.28. The number of nitrogens with one attached hydrogen (secondary N) is 2. The van der Waals surface area contributed by atoms with Crippen LogP contribution in [0.2, 0.25) is 0 Å². The molecule has 2 aromatic rings. The second-order valence-corrected chi connectivity index (χ2v) is 7.86. The Labute approximate surface area is 204 Å². The average molecular weight is 540 g/mol. The van der Waals surface area contributed by atoms with Gasteiger partial charge in [-0.1, -0.05) is 38.1 Å². The number of hydrogen-bond acceptors (Lipinski definition) is 4. The van der Waals surface area contributed by atoms with Crippen LogP contribution in [-0.2, 0) is 13.1 Å². The molecule has 0 bridgehead atoms. The van der Waals surface area contributed by atoms with Gasteiger partial charge in [0.15, 0.2) is 5.96 Å². The van der Waals surface area contributed by atoms with Gasteiger partial charge in [0.1, 0.15) is 5.76 Å². The van der Waals surface area contributed by atoms with E-state index in [1.54, 1.807) is 6.26 Å². The SMILES string of the molecule is CCN(CC)Cc1cccc(CNC(=NC)NCC(c2ccco2)N2CCCC2)c1.I. The number of guanidine groups is 1. The summed E-state index contributed by atoms with van der Waals surface area (Å²) in [5.74, 6) is 1.84. The maximum atomic E-state index is 5.72. The molecule has 0 saturated carbocycles. The lowest BCUT2D eigenvalue weighted by Crippen LogP contribution is -2.42. The number of likely N-dealkylation sites (tertiary alicyclic amines) is 1. The van der Waals surface area contributed by atoms with E-state index in [-0.39, 0.29) is 30.0 Å². The van der Waals surface area contributed by atoms with Crippen molar-refractivity contribution in [3.05, 3.63) is 59.5 Å². The summed E-state index contributed by atoms with van der Waals surface area (Å²) in [6, 6.07) is 13.1. The van der Waals surface area contributed by atoms with E-state index in [1.165, 1.54) is 24.0 Å². The van der Waals surface area contributed by atoms with Crippen molar-refractivity contribution in [2.75, 3.05) is 39.8 Å². The molecule has 1 saturated heterocycles. The van der Waals surface area contributed by atoms with E-state index in [4.69, 9.17) is 4.42 Å². The van der Waals surface area contributed by atoms with Gasteiger partial charge in [0.05, 0.1) is 12.3 Å². The van der Waals surface area contributed by atoms with E-state index in [0.29, 0.717) is 0 Å². The van der Waals surface area contributed by atoms with Crippen LogP contribution in [0.25, 0.3) is 0 Å². The third kappa shape index (κ3) is 7.80. The normalized spacial score (nSPS) is 15.7. The van der Waals surface area contributed by atoms with E-state index >= 15 is 0 Å². The van der Waals surface area contributed by atoms with E-state index in [9.17, 15) is 0 Å². The number of benzene rings is 1. The fourth-order valence-electron chi connectivity index (χ4n) is 4.09. The maximum absolute atomic E-state index is 5.72. The molecule has 6 nitrogen and oxygen atoms in total. The highest BCUT2D eigenvalue weighted by Crippen LogP contribution is 2.24. The van der Waals surface area contributed by atoms with Crippen molar-refractivity contribution >= 4 is 29.9 Å². The first-order valence-electron chi connectivity index (χ1n) is 11.3. The van der Waals surface area contributed by atoms with Gasteiger partial charge in [0.2, 0.25) is 0 Å². The van der Waals surface area contributed by atoms with Crippen LogP contribution in [0.4, 0.5) is 0 Å². The van der Waals surface area contributed by atoms with Gasteiger partial charge in [-0.3, -0.25) is 14.8 Å². The quantitative estimate of drug-likeness (QED) is 0.269. The van der Waals surface area contributed by atoms with Crippen molar-refractivity contribution < 1.29 is 4.42 Å². The molecule has 1 fully saturated rings. The first-order chi connectivity index (χ1) is 14.7. The van der Waals surface area contributed by atoms with E-state index in [1.807, 2.05) is 13.1 Å². The first-order valence-corrected chi connectivity index (χ1v) is 11.3. The van der Waals surface area contributed by atoms with E-state index in [0.717, 1.165) is 57.5 Å². The van der Waals surface area contributed by atoms with Crippen molar-refractivity contribution in [3.63, 3.8) is 0 Å². The third-order valence-electron chi connectivity index (χ3n) is 5.89. The molecule has 31 heavy (non-hydrogen) atoms. The van der Waals surface area contributed by atoms with Gasteiger partial charge in [-0.25, -0.2) is 0 Å². The molecule has 3 rings (SSSR count). The number of furan rings is 1. The molecule has 0 radical (unpaired) electrons. The molecule has 1 unspecified atom stereocenters. The monoisotopic (exact) mass is 539 g/mol. The Morgan fingerprint density at radius 1 is 1.10 bits per heavy atom. The van der Waals surface area contributed by atoms with Crippen LogP contribution in [0.15, 0.2) is 52.1 Å². The predicted molar refractivity (Wildman–Crippen MR) is 139 cm³/mol. The summed E-state index contributed by atoms with van der Waals surface area (Å²) in [5, 5.41) is 6.96. The van der Waals surface area contributed by atoms with Crippen molar-refractivity contribution in [2.24, 2.45) is 4.99 Å². The zero-order chi connectivity index (χ0) is 21.2. The molecule has 2 N–H and O–H groups in total.